The Kier molecular flexibility index (Phi) is 4.81. The summed E-state index contributed by atoms with van der Waals surface area (Å²) >= 11 is 3.44. The Morgan fingerprint density at radius 1 is 1.50 bits per heavy atom. The monoisotopic (exact) mass is 284 g/mol. The van der Waals surface area contributed by atoms with Gasteiger partial charge >= 0.3 is 68.7 Å². The van der Waals surface area contributed by atoms with Crippen LogP contribution in [0.1, 0.15) is 33.6 Å². The molecule has 0 saturated heterocycles. The maximum absolute atomic E-state index is 3.64. The first kappa shape index (κ1) is 9.28. The average Bonchev–Trinajstić information content (AvgIpc) is 1.67. The third-order valence-electron chi connectivity index (χ3n) is 1.13. The molecule has 48 valence electrons. The summed E-state index contributed by atoms with van der Waals surface area (Å²) in [6.45, 7) is 6.97. The molecule has 0 spiro atoms. The molecule has 0 fully saturated rings. The molecule has 0 aliphatic heterocycles. The number of hydrogen-bond acceptors (Lipinski definition) is 0. The van der Waals surface area contributed by atoms with Crippen molar-refractivity contribution in [3.8, 4) is 0 Å². The van der Waals surface area contributed by atoms with Crippen LogP contribution in [0.5, 0.6) is 0 Å². The van der Waals surface area contributed by atoms with E-state index in [0.29, 0.717) is 3.43 Å². The van der Waals surface area contributed by atoms with E-state index in [1.807, 2.05) is 0 Å². The Hall–Kier alpha value is 1.28. The summed E-state index contributed by atoms with van der Waals surface area (Å²) < 4.78 is 0.679. The molecule has 0 nitrogen and oxygen atoms in total. The number of halogens is 1. The summed E-state index contributed by atoms with van der Waals surface area (Å²) in [5.41, 5.74) is 0. The molecule has 2 radical (unpaired) electrons. The predicted octanol–water partition coefficient (Wildman–Crippen LogP) is 3.00. The third kappa shape index (κ3) is 4.19. The van der Waals surface area contributed by atoms with Crippen LogP contribution >= 0.6 is 12.7 Å². The van der Waals surface area contributed by atoms with E-state index in [4.69, 9.17) is 0 Å². The zero-order chi connectivity index (χ0) is 6.62. The average molecular weight is 284 g/mol. The molecule has 0 bridgehead atoms. The van der Waals surface area contributed by atoms with Crippen molar-refractivity contribution < 1.29 is 0 Å². The van der Waals surface area contributed by atoms with Gasteiger partial charge in [-0.3, -0.25) is 0 Å². The summed E-state index contributed by atoms with van der Waals surface area (Å²) in [6.07, 6.45) is 2.73. The molecule has 0 heterocycles. The summed E-state index contributed by atoms with van der Waals surface area (Å²) in [4.78, 5) is 0. The van der Waals surface area contributed by atoms with Crippen molar-refractivity contribution in [2.75, 3.05) is 0 Å². The molecule has 0 saturated carbocycles. The van der Waals surface area contributed by atoms with Crippen molar-refractivity contribution in [1.82, 2.24) is 0 Å². The first-order chi connectivity index (χ1) is 3.62. The van der Waals surface area contributed by atoms with E-state index < -0.39 is 0 Å². The molecular formula is C6H13BrSn. The van der Waals surface area contributed by atoms with E-state index in [1.165, 1.54) is 12.8 Å². The van der Waals surface area contributed by atoms with E-state index in [2.05, 4.69) is 33.5 Å². The molecular weight excluding hydrogens is 271 g/mol. The molecule has 0 aromatic heterocycles. The molecule has 0 unspecified atom stereocenters. The van der Waals surface area contributed by atoms with Gasteiger partial charge in [-0.05, 0) is 0 Å². The second kappa shape index (κ2) is 4.15. The molecule has 8 heavy (non-hydrogen) atoms. The molecule has 0 amide bonds. The van der Waals surface area contributed by atoms with E-state index in [-0.39, 0.29) is 18.9 Å². The van der Waals surface area contributed by atoms with Gasteiger partial charge in [-0.2, -0.15) is 0 Å². The Morgan fingerprint density at radius 3 is 2.12 bits per heavy atom. The van der Waals surface area contributed by atoms with Crippen LogP contribution < -0.4 is 0 Å². The van der Waals surface area contributed by atoms with Crippen LogP contribution in [0.2, 0.25) is 3.43 Å². The van der Waals surface area contributed by atoms with Gasteiger partial charge in [-0.15, -0.1) is 0 Å². The molecule has 2 heteroatoms. The van der Waals surface area contributed by atoms with Crippen LogP contribution in [0.15, 0.2) is 0 Å². The predicted molar refractivity (Wildman–Crippen MR) is 43.6 cm³/mol. The first-order valence-electron chi connectivity index (χ1n) is 3.00. The zero-order valence-corrected chi connectivity index (χ0v) is 10.2. The van der Waals surface area contributed by atoms with Crippen LogP contribution in [-0.4, -0.2) is 18.9 Å². The number of rotatable bonds is 3. The summed E-state index contributed by atoms with van der Waals surface area (Å²) in [5, 5.41) is 0. The van der Waals surface area contributed by atoms with E-state index in [1.54, 1.807) is 0 Å². The van der Waals surface area contributed by atoms with Crippen molar-refractivity contribution in [2.45, 2.75) is 37.0 Å². The Bertz CT molecular complexity index is 61.5. The Morgan fingerprint density at radius 2 is 2.00 bits per heavy atom. The first-order valence-corrected chi connectivity index (χ1v) is 10.8. The van der Waals surface area contributed by atoms with Gasteiger partial charge in [0.15, 0.2) is 0 Å². The van der Waals surface area contributed by atoms with Crippen LogP contribution in [0, 0.1) is 0 Å². The number of hydrogen-bond donors (Lipinski definition) is 0. The second-order valence-electron chi connectivity index (χ2n) is 2.73. The Balaban J connectivity index is 3.37. The normalized spacial score (nSPS) is 12.0. The van der Waals surface area contributed by atoms with Crippen LogP contribution in [0.3, 0.4) is 0 Å². The van der Waals surface area contributed by atoms with Gasteiger partial charge < -0.3 is 0 Å². The van der Waals surface area contributed by atoms with E-state index in [0.717, 1.165) is 0 Å². The van der Waals surface area contributed by atoms with Gasteiger partial charge in [0.1, 0.15) is 0 Å². The van der Waals surface area contributed by atoms with Gasteiger partial charge in [0, 0.05) is 0 Å². The van der Waals surface area contributed by atoms with Gasteiger partial charge in [0.2, 0.25) is 0 Å². The van der Waals surface area contributed by atoms with Crippen LogP contribution in [0.4, 0.5) is 0 Å². The Labute approximate surface area is 68.4 Å². The molecule has 0 aliphatic carbocycles. The standard InChI is InChI=1S/C6H13.BrH.Sn/c1-4-5-6(2)3;;/h4-5H2,1-3H3;1H;/q;;+1/p-1. The molecule has 0 aromatic rings. The van der Waals surface area contributed by atoms with Crippen molar-refractivity contribution in [3.05, 3.63) is 0 Å². The molecule has 0 aromatic carbocycles. The molecule has 0 N–H and O–H groups in total. The van der Waals surface area contributed by atoms with Gasteiger partial charge in [0.05, 0.1) is 0 Å². The van der Waals surface area contributed by atoms with Crippen molar-refractivity contribution >= 4 is 31.6 Å². The maximum atomic E-state index is 3.64. The fourth-order valence-corrected chi connectivity index (χ4v) is 2.99. The molecule has 0 atom stereocenters. The fourth-order valence-electron chi connectivity index (χ4n) is 0.672. The minimum absolute atomic E-state index is 0.197. The van der Waals surface area contributed by atoms with Crippen molar-refractivity contribution in [1.29, 1.82) is 0 Å². The fraction of sp³-hybridized carbons (Fsp3) is 1.00. The van der Waals surface area contributed by atoms with Crippen LogP contribution in [0.25, 0.3) is 0 Å². The van der Waals surface area contributed by atoms with Crippen molar-refractivity contribution in [3.63, 3.8) is 0 Å². The van der Waals surface area contributed by atoms with E-state index in [9.17, 15) is 0 Å². The van der Waals surface area contributed by atoms with E-state index >= 15 is 0 Å². The summed E-state index contributed by atoms with van der Waals surface area (Å²) in [6, 6.07) is 0. The van der Waals surface area contributed by atoms with Crippen molar-refractivity contribution in [2.24, 2.45) is 0 Å². The van der Waals surface area contributed by atoms with Crippen LogP contribution in [-0.2, 0) is 0 Å². The van der Waals surface area contributed by atoms with Gasteiger partial charge in [0.25, 0.3) is 0 Å². The molecule has 0 aliphatic rings. The quantitative estimate of drug-likeness (QED) is 0.699. The summed E-state index contributed by atoms with van der Waals surface area (Å²) in [7, 11) is 0. The van der Waals surface area contributed by atoms with Gasteiger partial charge in [-0.1, -0.05) is 0 Å². The summed E-state index contributed by atoms with van der Waals surface area (Å²) in [5.74, 6) is 0. The zero-order valence-electron chi connectivity index (χ0n) is 5.79. The molecule has 0 rings (SSSR count). The minimum atomic E-state index is -0.197. The topological polar surface area (TPSA) is 0 Å². The SMILES string of the molecule is CCC[C](C)(C)[Sn][Br]. The second-order valence-corrected chi connectivity index (χ2v) is 9.79. The third-order valence-corrected chi connectivity index (χ3v) is 10.5. The van der Waals surface area contributed by atoms with Gasteiger partial charge in [-0.25, -0.2) is 0 Å².